The van der Waals surface area contributed by atoms with Crippen LogP contribution < -0.4 is 5.32 Å². The van der Waals surface area contributed by atoms with Crippen LogP contribution in [-0.4, -0.2) is 18.3 Å². The Morgan fingerprint density at radius 1 is 1.06 bits per heavy atom. The van der Waals surface area contributed by atoms with Gasteiger partial charge in [0.15, 0.2) is 0 Å². The van der Waals surface area contributed by atoms with Crippen LogP contribution in [0.3, 0.4) is 0 Å². The van der Waals surface area contributed by atoms with Gasteiger partial charge in [0, 0.05) is 18.0 Å². The first-order valence-electron chi connectivity index (χ1n) is 6.49. The van der Waals surface area contributed by atoms with Gasteiger partial charge < -0.3 is 5.32 Å². The topological polar surface area (TPSA) is 24.4 Å². The van der Waals surface area contributed by atoms with E-state index in [4.69, 9.17) is 0 Å². The molecule has 0 aromatic heterocycles. The Morgan fingerprint density at radius 3 is 2.76 bits per heavy atom. The number of hydrogen-bond acceptors (Lipinski definition) is 2. The number of aliphatic imine (C=N–C) groups is 1. The van der Waals surface area contributed by atoms with Gasteiger partial charge in [0.1, 0.15) is 0 Å². The predicted molar refractivity (Wildman–Crippen MR) is 72.1 cm³/mol. The molecule has 0 bridgehead atoms. The van der Waals surface area contributed by atoms with Crippen LogP contribution in [0, 0.1) is 0 Å². The van der Waals surface area contributed by atoms with Gasteiger partial charge in [0.05, 0.1) is 6.04 Å². The largest absolute Gasteiger partial charge is 0.380 e. The Hall–Kier alpha value is -1.57. The Labute approximate surface area is 102 Å². The maximum absolute atomic E-state index is 4.66. The SMILES string of the molecule is C1=N[C@H]2CCCC[C@@H]2NC(c2ccccc2)=C1. The molecule has 1 fully saturated rings. The number of allylic oxidation sites excluding steroid dienone is 1. The first-order valence-corrected chi connectivity index (χ1v) is 6.49. The fourth-order valence-corrected chi connectivity index (χ4v) is 2.73. The second-order valence-electron chi connectivity index (χ2n) is 4.85. The van der Waals surface area contributed by atoms with E-state index in [1.807, 2.05) is 6.21 Å². The van der Waals surface area contributed by atoms with Gasteiger partial charge >= 0.3 is 0 Å². The van der Waals surface area contributed by atoms with Crippen molar-refractivity contribution >= 4 is 11.9 Å². The number of nitrogens with zero attached hydrogens (tertiary/aromatic N) is 1. The second-order valence-corrected chi connectivity index (χ2v) is 4.85. The molecule has 2 aliphatic rings. The molecular formula is C15H18N2. The van der Waals surface area contributed by atoms with E-state index in [0.29, 0.717) is 12.1 Å². The average Bonchev–Trinajstić information content (AvgIpc) is 2.62. The summed E-state index contributed by atoms with van der Waals surface area (Å²) in [7, 11) is 0. The molecule has 1 aromatic carbocycles. The van der Waals surface area contributed by atoms with E-state index in [2.05, 4.69) is 46.7 Å². The fraction of sp³-hybridized carbons (Fsp3) is 0.400. The molecule has 1 saturated carbocycles. The van der Waals surface area contributed by atoms with Gasteiger partial charge in [0.25, 0.3) is 0 Å². The van der Waals surface area contributed by atoms with E-state index < -0.39 is 0 Å². The highest BCUT2D eigenvalue weighted by molar-refractivity contribution is 5.84. The summed E-state index contributed by atoms with van der Waals surface area (Å²) in [5.74, 6) is 0. The van der Waals surface area contributed by atoms with E-state index >= 15 is 0 Å². The Morgan fingerprint density at radius 2 is 1.88 bits per heavy atom. The summed E-state index contributed by atoms with van der Waals surface area (Å²) in [5.41, 5.74) is 2.47. The van der Waals surface area contributed by atoms with Gasteiger partial charge in [-0.3, -0.25) is 4.99 Å². The highest BCUT2D eigenvalue weighted by atomic mass is 15.0. The number of fused-ring (bicyclic) bond motifs is 1. The summed E-state index contributed by atoms with van der Waals surface area (Å²) in [6.45, 7) is 0. The number of rotatable bonds is 1. The van der Waals surface area contributed by atoms with E-state index in [-0.39, 0.29) is 0 Å². The molecule has 0 radical (unpaired) electrons. The highest BCUT2D eigenvalue weighted by Gasteiger charge is 2.25. The van der Waals surface area contributed by atoms with Crippen molar-refractivity contribution in [1.29, 1.82) is 0 Å². The van der Waals surface area contributed by atoms with Crippen molar-refractivity contribution in [1.82, 2.24) is 5.32 Å². The molecule has 1 aliphatic heterocycles. The van der Waals surface area contributed by atoms with Gasteiger partial charge in [-0.05, 0) is 24.5 Å². The van der Waals surface area contributed by atoms with E-state index in [9.17, 15) is 0 Å². The Balaban J connectivity index is 1.84. The summed E-state index contributed by atoms with van der Waals surface area (Å²) in [6, 6.07) is 11.5. The normalized spacial score (nSPS) is 27.6. The van der Waals surface area contributed by atoms with Crippen LogP contribution in [0.15, 0.2) is 41.4 Å². The lowest BCUT2D eigenvalue weighted by Gasteiger charge is -2.29. The zero-order valence-electron chi connectivity index (χ0n) is 9.97. The maximum Gasteiger partial charge on any atom is 0.0700 e. The molecule has 2 atom stereocenters. The molecule has 0 spiro atoms. The minimum Gasteiger partial charge on any atom is -0.380 e. The molecule has 1 aliphatic carbocycles. The van der Waals surface area contributed by atoms with Gasteiger partial charge in [0.2, 0.25) is 0 Å². The summed E-state index contributed by atoms with van der Waals surface area (Å²) in [6.07, 6.45) is 9.20. The van der Waals surface area contributed by atoms with Gasteiger partial charge in [-0.1, -0.05) is 43.2 Å². The van der Waals surface area contributed by atoms with Crippen molar-refractivity contribution in [2.24, 2.45) is 4.99 Å². The maximum atomic E-state index is 4.66. The monoisotopic (exact) mass is 226 g/mol. The second kappa shape index (κ2) is 4.74. The molecule has 1 aromatic rings. The first-order chi connectivity index (χ1) is 8.43. The number of hydrogen-bond donors (Lipinski definition) is 1. The van der Waals surface area contributed by atoms with Crippen molar-refractivity contribution < 1.29 is 0 Å². The van der Waals surface area contributed by atoms with Crippen LogP contribution in [-0.2, 0) is 0 Å². The third kappa shape index (κ3) is 2.26. The molecule has 1 heterocycles. The third-order valence-electron chi connectivity index (χ3n) is 3.67. The summed E-state index contributed by atoms with van der Waals surface area (Å²) in [5, 5.41) is 3.67. The lowest BCUT2D eigenvalue weighted by molar-refractivity contribution is 0.361. The first kappa shape index (κ1) is 10.6. The quantitative estimate of drug-likeness (QED) is 0.782. The van der Waals surface area contributed by atoms with Crippen molar-refractivity contribution in [3.05, 3.63) is 42.0 Å². The molecule has 88 valence electrons. The minimum atomic E-state index is 0.473. The van der Waals surface area contributed by atoms with Crippen LogP contribution in [0.5, 0.6) is 0 Å². The van der Waals surface area contributed by atoms with Crippen LogP contribution in [0.4, 0.5) is 0 Å². The van der Waals surface area contributed by atoms with Crippen molar-refractivity contribution in [3.63, 3.8) is 0 Å². The Kier molecular flexibility index (Phi) is 2.95. The molecule has 0 saturated heterocycles. The molecular weight excluding hydrogens is 208 g/mol. The lowest BCUT2D eigenvalue weighted by Crippen LogP contribution is -2.39. The molecule has 2 heteroatoms. The van der Waals surface area contributed by atoms with Crippen molar-refractivity contribution in [2.75, 3.05) is 0 Å². The lowest BCUT2D eigenvalue weighted by atomic mass is 9.90. The van der Waals surface area contributed by atoms with Crippen LogP contribution in [0.1, 0.15) is 31.2 Å². The number of benzene rings is 1. The Bertz CT molecular complexity index is 433. The number of nitrogens with one attached hydrogen (secondary N) is 1. The standard InChI is InChI=1S/C15H18N2/c1-2-6-12(7-3-1)13-10-11-16-14-8-4-5-9-15(14)17-13/h1-3,6-7,10-11,14-15,17H,4-5,8-9H2/t14-,15-/m0/s1. The van der Waals surface area contributed by atoms with E-state index in [1.165, 1.54) is 36.9 Å². The fourth-order valence-electron chi connectivity index (χ4n) is 2.73. The van der Waals surface area contributed by atoms with Crippen molar-refractivity contribution in [3.8, 4) is 0 Å². The van der Waals surface area contributed by atoms with Crippen LogP contribution in [0.25, 0.3) is 5.70 Å². The summed E-state index contributed by atoms with van der Waals surface area (Å²) in [4.78, 5) is 4.66. The summed E-state index contributed by atoms with van der Waals surface area (Å²) >= 11 is 0. The predicted octanol–water partition coefficient (Wildman–Crippen LogP) is 3.01. The smallest absolute Gasteiger partial charge is 0.0700 e. The highest BCUT2D eigenvalue weighted by Crippen LogP contribution is 2.25. The van der Waals surface area contributed by atoms with Crippen molar-refractivity contribution in [2.45, 2.75) is 37.8 Å². The van der Waals surface area contributed by atoms with Gasteiger partial charge in [-0.25, -0.2) is 0 Å². The van der Waals surface area contributed by atoms with Gasteiger partial charge in [-0.15, -0.1) is 0 Å². The average molecular weight is 226 g/mol. The molecule has 17 heavy (non-hydrogen) atoms. The zero-order valence-corrected chi connectivity index (χ0v) is 9.97. The van der Waals surface area contributed by atoms with Crippen LogP contribution in [0.2, 0.25) is 0 Å². The molecule has 3 rings (SSSR count). The zero-order chi connectivity index (χ0) is 11.5. The molecule has 0 unspecified atom stereocenters. The molecule has 1 N–H and O–H groups in total. The summed E-state index contributed by atoms with van der Waals surface area (Å²) < 4.78 is 0. The third-order valence-corrected chi connectivity index (χ3v) is 3.67. The molecule has 2 nitrogen and oxygen atoms in total. The van der Waals surface area contributed by atoms with E-state index in [1.54, 1.807) is 0 Å². The van der Waals surface area contributed by atoms with Gasteiger partial charge in [-0.2, -0.15) is 0 Å². The molecule has 0 amide bonds. The van der Waals surface area contributed by atoms with Crippen LogP contribution >= 0.6 is 0 Å². The minimum absolute atomic E-state index is 0.473. The van der Waals surface area contributed by atoms with E-state index in [0.717, 1.165) is 0 Å².